The van der Waals surface area contributed by atoms with Crippen LogP contribution in [0, 0.1) is 20.8 Å². The highest BCUT2D eigenvalue weighted by Gasteiger charge is 2.23. The molecule has 0 bridgehead atoms. The summed E-state index contributed by atoms with van der Waals surface area (Å²) in [6, 6.07) is 19.4. The number of hydrogen-bond donors (Lipinski definition) is 2. The van der Waals surface area contributed by atoms with Gasteiger partial charge >= 0.3 is 5.97 Å². The molecule has 12 heteroatoms. The van der Waals surface area contributed by atoms with Gasteiger partial charge in [0.1, 0.15) is 5.82 Å². The zero-order valence-corrected chi connectivity index (χ0v) is 26.1. The molecule has 1 aliphatic heterocycles. The van der Waals surface area contributed by atoms with Crippen molar-refractivity contribution in [3.05, 3.63) is 89.0 Å². The summed E-state index contributed by atoms with van der Waals surface area (Å²) in [7, 11) is -3.84. The first kappa shape index (κ1) is 34.0. The second-order valence-electron chi connectivity index (χ2n) is 9.63. The van der Waals surface area contributed by atoms with Gasteiger partial charge in [0.15, 0.2) is 0 Å². The molecule has 1 aliphatic rings. The summed E-state index contributed by atoms with van der Waals surface area (Å²) < 4.78 is 28.5. The SMILES string of the molecule is Cc1ccccc1S(=O)(=O)Nc1ccc2nc(N3CCN(c4cccc(C)c4C)CC3)cc(C(=O)O)c2c1.Cl.Cl.Cl. The van der Waals surface area contributed by atoms with Crippen molar-refractivity contribution in [2.75, 3.05) is 40.7 Å². The predicted molar refractivity (Wildman–Crippen MR) is 173 cm³/mol. The Morgan fingerprint density at radius 1 is 0.829 bits per heavy atom. The van der Waals surface area contributed by atoms with Gasteiger partial charge in [-0.2, -0.15) is 0 Å². The van der Waals surface area contributed by atoms with Crippen LogP contribution < -0.4 is 14.5 Å². The molecule has 4 aromatic rings. The minimum atomic E-state index is -3.84. The van der Waals surface area contributed by atoms with Crippen LogP contribution in [-0.2, 0) is 10.0 Å². The second kappa shape index (κ2) is 13.6. The number of anilines is 3. The van der Waals surface area contributed by atoms with E-state index in [9.17, 15) is 18.3 Å². The summed E-state index contributed by atoms with van der Waals surface area (Å²) >= 11 is 0. The lowest BCUT2D eigenvalue weighted by Crippen LogP contribution is -2.47. The fourth-order valence-corrected chi connectivity index (χ4v) is 6.23. The Morgan fingerprint density at radius 3 is 2.12 bits per heavy atom. The van der Waals surface area contributed by atoms with Gasteiger partial charge in [-0.15, -0.1) is 37.2 Å². The number of aromatic carboxylic acids is 1. The topological polar surface area (TPSA) is 103 Å². The molecule has 0 aliphatic carbocycles. The number of carboxylic acids is 1. The van der Waals surface area contributed by atoms with E-state index in [1.165, 1.54) is 28.9 Å². The van der Waals surface area contributed by atoms with E-state index in [-0.39, 0.29) is 53.4 Å². The van der Waals surface area contributed by atoms with Gasteiger partial charge in [0.25, 0.3) is 10.0 Å². The zero-order valence-electron chi connectivity index (χ0n) is 22.8. The first-order valence-corrected chi connectivity index (χ1v) is 13.9. The minimum absolute atomic E-state index is 0. The third-order valence-electron chi connectivity index (χ3n) is 7.18. The van der Waals surface area contributed by atoms with Gasteiger partial charge in [-0.25, -0.2) is 18.2 Å². The Hall–Kier alpha value is -3.24. The summed E-state index contributed by atoms with van der Waals surface area (Å²) in [6.45, 7) is 8.98. The van der Waals surface area contributed by atoms with Gasteiger partial charge in [-0.05, 0) is 73.9 Å². The number of piperazine rings is 1. The average Bonchev–Trinajstić information content (AvgIpc) is 2.89. The molecule has 3 aromatic carbocycles. The monoisotopic (exact) mass is 638 g/mol. The molecule has 1 aromatic heterocycles. The summed E-state index contributed by atoms with van der Waals surface area (Å²) in [5.74, 6) is -0.490. The summed E-state index contributed by atoms with van der Waals surface area (Å²) in [4.78, 5) is 21.6. The molecule has 0 unspecified atom stereocenters. The van der Waals surface area contributed by atoms with E-state index in [0.29, 0.717) is 35.4 Å². The number of benzene rings is 3. The standard InChI is InChI=1S/C29H30N4O4S.3ClH/c1-19-8-6-9-26(21(19)3)32-13-15-33(16-14-32)28-18-24(29(34)35)23-17-22(11-12-25(23)30-28)31-38(36,37)27-10-5-4-7-20(27)2;;;/h4-12,17-18,31H,13-16H2,1-3H3,(H,34,35);3*1H. The van der Waals surface area contributed by atoms with Crippen LogP contribution in [0.25, 0.3) is 10.9 Å². The number of pyridine rings is 1. The first-order valence-electron chi connectivity index (χ1n) is 12.5. The number of aryl methyl sites for hydroxylation is 2. The molecule has 0 radical (unpaired) electrons. The fourth-order valence-electron chi connectivity index (χ4n) is 4.94. The summed E-state index contributed by atoms with van der Waals surface area (Å²) in [5.41, 5.74) is 5.23. The molecule has 220 valence electrons. The number of nitrogens with one attached hydrogen (secondary N) is 1. The molecule has 0 amide bonds. The minimum Gasteiger partial charge on any atom is -0.478 e. The number of halogens is 3. The second-order valence-corrected chi connectivity index (χ2v) is 11.3. The molecule has 0 saturated carbocycles. The smallest absolute Gasteiger partial charge is 0.336 e. The van der Waals surface area contributed by atoms with Crippen molar-refractivity contribution >= 4 is 81.3 Å². The third-order valence-corrected chi connectivity index (χ3v) is 8.72. The van der Waals surface area contributed by atoms with Crippen molar-refractivity contribution in [1.82, 2.24) is 4.98 Å². The first-order chi connectivity index (χ1) is 18.1. The Balaban J connectivity index is 0.00000196. The van der Waals surface area contributed by atoms with E-state index in [0.717, 1.165) is 13.1 Å². The van der Waals surface area contributed by atoms with Crippen LogP contribution in [0.1, 0.15) is 27.0 Å². The molecule has 0 atom stereocenters. The maximum atomic E-state index is 13.0. The molecule has 1 saturated heterocycles. The highest BCUT2D eigenvalue weighted by atomic mass is 35.5. The molecular weight excluding hydrogens is 607 g/mol. The van der Waals surface area contributed by atoms with E-state index in [2.05, 4.69) is 46.6 Å². The van der Waals surface area contributed by atoms with Gasteiger partial charge in [0.05, 0.1) is 16.0 Å². The Morgan fingerprint density at radius 2 is 1.46 bits per heavy atom. The predicted octanol–water partition coefficient (Wildman–Crippen LogP) is 6.25. The van der Waals surface area contributed by atoms with Gasteiger partial charge in [-0.3, -0.25) is 4.72 Å². The van der Waals surface area contributed by atoms with Crippen molar-refractivity contribution in [3.8, 4) is 0 Å². The van der Waals surface area contributed by atoms with Crippen LogP contribution in [0.2, 0.25) is 0 Å². The van der Waals surface area contributed by atoms with Crippen molar-refractivity contribution < 1.29 is 18.3 Å². The summed E-state index contributed by atoms with van der Waals surface area (Å²) in [6.07, 6.45) is 0. The normalized spacial score (nSPS) is 13.0. The van der Waals surface area contributed by atoms with Crippen LogP contribution in [0.4, 0.5) is 17.2 Å². The van der Waals surface area contributed by atoms with Crippen molar-refractivity contribution in [2.45, 2.75) is 25.7 Å². The number of nitrogens with zero attached hydrogens (tertiary/aromatic N) is 3. The number of carboxylic acid groups (broad SMARTS) is 1. The molecule has 41 heavy (non-hydrogen) atoms. The van der Waals surface area contributed by atoms with Crippen LogP contribution in [0.5, 0.6) is 0 Å². The van der Waals surface area contributed by atoms with Crippen molar-refractivity contribution in [2.24, 2.45) is 0 Å². The van der Waals surface area contributed by atoms with E-state index >= 15 is 0 Å². The highest BCUT2D eigenvalue weighted by Crippen LogP contribution is 2.29. The number of sulfonamides is 1. The molecular formula is C29H33Cl3N4O4S. The lowest BCUT2D eigenvalue weighted by atomic mass is 10.1. The van der Waals surface area contributed by atoms with Crippen LogP contribution in [-0.4, -0.2) is 50.7 Å². The number of aromatic nitrogens is 1. The van der Waals surface area contributed by atoms with Gasteiger partial charge in [0.2, 0.25) is 0 Å². The fraction of sp³-hybridized carbons (Fsp3) is 0.241. The lowest BCUT2D eigenvalue weighted by Gasteiger charge is -2.37. The molecule has 0 spiro atoms. The van der Waals surface area contributed by atoms with Crippen LogP contribution in [0.3, 0.4) is 0 Å². The van der Waals surface area contributed by atoms with Crippen LogP contribution >= 0.6 is 37.2 Å². The lowest BCUT2D eigenvalue weighted by molar-refractivity contribution is 0.0699. The van der Waals surface area contributed by atoms with E-state index in [1.807, 2.05) is 0 Å². The third kappa shape index (κ3) is 6.98. The Bertz CT molecular complexity index is 1660. The van der Waals surface area contributed by atoms with E-state index in [1.54, 1.807) is 43.3 Å². The molecule has 2 heterocycles. The summed E-state index contributed by atoms with van der Waals surface area (Å²) in [5, 5.41) is 10.4. The largest absolute Gasteiger partial charge is 0.478 e. The van der Waals surface area contributed by atoms with Gasteiger partial charge in [0, 0.05) is 42.9 Å². The van der Waals surface area contributed by atoms with E-state index in [4.69, 9.17) is 4.98 Å². The molecule has 1 fully saturated rings. The number of fused-ring (bicyclic) bond motifs is 1. The van der Waals surface area contributed by atoms with Crippen LogP contribution in [0.15, 0.2) is 71.6 Å². The molecule has 8 nitrogen and oxygen atoms in total. The number of carbonyl (C=O) groups is 1. The molecule has 2 N–H and O–H groups in total. The van der Waals surface area contributed by atoms with Crippen molar-refractivity contribution in [1.29, 1.82) is 0 Å². The molecule has 5 rings (SSSR count). The van der Waals surface area contributed by atoms with E-state index < -0.39 is 16.0 Å². The maximum absolute atomic E-state index is 13.0. The zero-order chi connectivity index (χ0) is 27.0. The van der Waals surface area contributed by atoms with Gasteiger partial charge in [-0.1, -0.05) is 30.3 Å². The number of rotatable bonds is 6. The quantitative estimate of drug-likeness (QED) is 0.257. The van der Waals surface area contributed by atoms with Crippen molar-refractivity contribution in [3.63, 3.8) is 0 Å². The Labute approximate surface area is 259 Å². The maximum Gasteiger partial charge on any atom is 0.336 e. The average molecular weight is 640 g/mol. The Kier molecular flexibility index (Phi) is 11.3. The van der Waals surface area contributed by atoms with Gasteiger partial charge < -0.3 is 14.9 Å². The highest BCUT2D eigenvalue weighted by molar-refractivity contribution is 7.92. The number of hydrogen-bond acceptors (Lipinski definition) is 6.